The molecule has 0 aliphatic carbocycles. The largest absolute Gasteiger partial charge is 0.481 e. The molecular formula is C18H32O5. The molecule has 0 aromatic carbocycles. The summed E-state index contributed by atoms with van der Waals surface area (Å²) in [6.07, 6.45) is 10.7. The Hall–Kier alpha value is -1.17. The normalized spacial score (nSPS) is 16.0. The quantitative estimate of drug-likeness (QED) is 0.290. The second-order valence-electron chi connectivity index (χ2n) is 5.83. The van der Waals surface area contributed by atoms with E-state index in [0.29, 0.717) is 19.3 Å². The first-order valence-corrected chi connectivity index (χ1v) is 8.56. The average Bonchev–Trinajstić information content (AvgIpc) is 2.51. The first-order chi connectivity index (χ1) is 11.0. The maximum absolute atomic E-state index is 10.3. The fourth-order valence-corrected chi connectivity index (χ4v) is 2.18. The van der Waals surface area contributed by atoms with Gasteiger partial charge in [0, 0.05) is 6.42 Å². The number of unbranched alkanes of at least 4 members (excludes halogenated alkanes) is 4. The van der Waals surface area contributed by atoms with Crippen LogP contribution in [-0.4, -0.2) is 44.7 Å². The summed E-state index contributed by atoms with van der Waals surface area (Å²) in [6, 6.07) is 0. The van der Waals surface area contributed by atoms with Crippen LogP contribution in [0.3, 0.4) is 0 Å². The molecule has 5 heteroatoms. The average molecular weight is 328 g/mol. The molecule has 0 saturated heterocycles. The Kier molecular flexibility index (Phi) is 13.7. The number of aliphatic carboxylic acids is 1. The number of aliphatic hydroxyl groups is 3. The molecule has 3 atom stereocenters. The van der Waals surface area contributed by atoms with Crippen LogP contribution in [0, 0.1) is 0 Å². The van der Waals surface area contributed by atoms with E-state index in [-0.39, 0.29) is 6.42 Å². The van der Waals surface area contributed by atoms with E-state index in [1.165, 1.54) is 12.2 Å². The zero-order valence-electron chi connectivity index (χ0n) is 14.1. The Bertz CT molecular complexity index is 351. The molecule has 0 rings (SSSR count). The van der Waals surface area contributed by atoms with Gasteiger partial charge in [-0.1, -0.05) is 56.9 Å². The monoisotopic (exact) mass is 328 g/mol. The second-order valence-corrected chi connectivity index (χ2v) is 5.83. The van der Waals surface area contributed by atoms with Crippen LogP contribution in [0.5, 0.6) is 0 Å². The summed E-state index contributed by atoms with van der Waals surface area (Å²) in [7, 11) is 0. The first-order valence-electron chi connectivity index (χ1n) is 8.56. The fourth-order valence-electron chi connectivity index (χ4n) is 2.18. The number of allylic oxidation sites excluding steroid dienone is 1. The molecule has 0 aliphatic heterocycles. The van der Waals surface area contributed by atoms with Crippen LogP contribution >= 0.6 is 0 Å². The number of aliphatic hydroxyl groups excluding tert-OH is 3. The van der Waals surface area contributed by atoms with Crippen molar-refractivity contribution in [3.05, 3.63) is 24.3 Å². The molecule has 0 aromatic rings. The van der Waals surface area contributed by atoms with E-state index in [1.54, 1.807) is 0 Å². The van der Waals surface area contributed by atoms with Crippen molar-refractivity contribution in [1.29, 1.82) is 0 Å². The van der Waals surface area contributed by atoms with Gasteiger partial charge in [-0.05, 0) is 25.7 Å². The van der Waals surface area contributed by atoms with Gasteiger partial charge in [0.05, 0.1) is 18.3 Å². The van der Waals surface area contributed by atoms with Gasteiger partial charge in [-0.25, -0.2) is 0 Å². The summed E-state index contributed by atoms with van der Waals surface area (Å²) in [5.74, 6) is -0.761. The maximum Gasteiger partial charge on any atom is 0.303 e. The Balaban J connectivity index is 3.74. The molecule has 0 bridgehead atoms. The number of rotatable bonds is 14. The van der Waals surface area contributed by atoms with Gasteiger partial charge in [-0.2, -0.15) is 0 Å². The molecule has 0 aromatic heterocycles. The van der Waals surface area contributed by atoms with Crippen molar-refractivity contribution in [1.82, 2.24) is 0 Å². The standard InChI is InChI=1S/C18H32O5/c1-2-3-7-10-15(19)13-14-17(21)16(20)11-8-5-4-6-9-12-18(22)23/h3,7,13-17,19-21H,2,4-6,8-12H2,1H3,(H,22,23)/b7-3-,14-13+/t15-,16-,17+/m1/s1. The summed E-state index contributed by atoms with van der Waals surface area (Å²) in [4.78, 5) is 10.3. The van der Waals surface area contributed by atoms with Crippen LogP contribution in [0.4, 0.5) is 0 Å². The summed E-state index contributed by atoms with van der Waals surface area (Å²) in [5, 5.41) is 37.8. The Labute approximate surface area is 139 Å². The molecule has 0 aliphatic rings. The number of hydrogen-bond donors (Lipinski definition) is 4. The molecule has 0 fully saturated rings. The molecular weight excluding hydrogens is 296 g/mol. The van der Waals surface area contributed by atoms with Crippen LogP contribution < -0.4 is 0 Å². The predicted octanol–water partition coefficient (Wildman–Crippen LogP) is 2.80. The summed E-state index contributed by atoms with van der Waals surface area (Å²) < 4.78 is 0. The minimum atomic E-state index is -0.966. The molecule has 23 heavy (non-hydrogen) atoms. The van der Waals surface area contributed by atoms with Crippen molar-refractivity contribution in [3.8, 4) is 0 Å². The van der Waals surface area contributed by atoms with Gasteiger partial charge in [0.1, 0.15) is 0 Å². The van der Waals surface area contributed by atoms with Crippen LogP contribution in [0.25, 0.3) is 0 Å². The van der Waals surface area contributed by atoms with E-state index in [0.717, 1.165) is 32.1 Å². The van der Waals surface area contributed by atoms with E-state index < -0.39 is 24.3 Å². The van der Waals surface area contributed by atoms with Gasteiger partial charge in [0.2, 0.25) is 0 Å². The van der Waals surface area contributed by atoms with Crippen molar-refractivity contribution in [3.63, 3.8) is 0 Å². The number of carboxylic acids is 1. The number of carboxylic acid groups (broad SMARTS) is 1. The van der Waals surface area contributed by atoms with Crippen LogP contribution in [0.1, 0.15) is 64.7 Å². The van der Waals surface area contributed by atoms with Crippen LogP contribution in [0.2, 0.25) is 0 Å². The molecule has 0 spiro atoms. The summed E-state index contributed by atoms with van der Waals surface area (Å²) in [6.45, 7) is 2.02. The van der Waals surface area contributed by atoms with Crippen molar-refractivity contribution in [2.45, 2.75) is 83.0 Å². The van der Waals surface area contributed by atoms with Crippen molar-refractivity contribution >= 4 is 5.97 Å². The molecule has 0 radical (unpaired) electrons. The third kappa shape index (κ3) is 14.2. The SMILES string of the molecule is CC/C=C\C[C@@H](O)/C=C/[C@H](O)[C@H](O)CCCCCCCC(=O)O. The Morgan fingerprint density at radius 1 is 0.957 bits per heavy atom. The first kappa shape index (κ1) is 21.8. The molecule has 0 unspecified atom stereocenters. The minimum Gasteiger partial charge on any atom is -0.481 e. The van der Waals surface area contributed by atoms with Gasteiger partial charge < -0.3 is 20.4 Å². The summed E-state index contributed by atoms with van der Waals surface area (Å²) in [5.41, 5.74) is 0. The molecule has 0 amide bonds. The highest BCUT2D eigenvalue weighted by atomic mass is 16.4. The topological polar surface area (TPSA) is 98.0 Å². The van der Waals surface area contributed by atoms with Crippen molar-refractivity contribution in [2.24, 2.45) is 0 Å². The van der Waals surface area contributed by atoms with Crippen molar-refractivity contribution < 1.29 is 25.2 Å². The highest BCUT2D eigenvalue weighted by molar-refractivity contribution is 5.66. The molecule has 0 saturated carbocycles. The minimum absolute atomic E-state index is 0.210. The zero-order chi connectivity index (χ0) is 17.5. The van der Waals surface area contributed by atoms with Gasteiger partial charge in [0.15, 0.2) is 0 Å². The number of hydrogen-bond acceptors (Lipinski definition) is 4. The van der Waals surface area contributed by atoms with Crippen molar-refractivity contribution in [2.75, 3.05) is 0 Å². The van der Waals surface area contributed by atoms with Crippen LogP contribution in [0.15, 0.2) is 24.3 Å². The third-order valence-electron chi connectivity index (χ3n) is 3.60. The van der Waals surface area contributed by atoms with E-state index in [1.807, 2.05) is 19.1 Å². The van der Waals surface area contributed by atoms with Crippen LogP contribution in [-0.2, 0) is 4.79 Å². The molecule has 0 heterocycles. The third-order valence-corrected chi connectivity index (χ3v) is 3.60. The molecule has 5 nitrogen and oxygen atoms in total. The predicted molar refractivity (Wildman–Crippen MR) is 91.2 cm³/mol. The Morgan fingerprint density at radius 2 is 1.61 bits per heavy atom. The van der Waals surface area contributed by atoms with Gasteiger partial charge in [-0.15, -0.1) is 0 Å². The lowest BCUT2D eigenvalue weighted by Gasteiger charge is -2.14. The lowest BCUT2D eigenvalue weighted by Crippen LogP contribution is -2.24. The van der Waals surface area contributed by atoms with Gasteiger partial charge >= 0.3 is 5.97 Å². The van der Waals surface area contributed by atoms with Gasteiger partial charge in [0.25, 0.3) is 0 Å². The fraction of sp³-hybridized carbons (Fsp3) is 0.722. The molecule has 4 N–H and O–H groups in total. The van der Waals surface area contributed by atoms with E-state index in [4.69, 9.17) is 5.11 Å². The zero-order valence-corrected chi connectivity index (χ0v) is 14.1. The van der Waals surface area contributed by atoms with E-state index in [9.17, 15) is 20.1 Å². The molecule has 134 valence electrons. The highest BCUT2D eigenvalue weighted by Gasteiger charge is 2.13. The lowest BCUT2D eigenvalue weighted by molar-refractivity contribution is -0.137. The summed E-state index contributed by atoms with van der Waals surface area (Å²) >= 11 is 0. The lowest BCUT2D eigenvalue weighted by atomic mass is 10.0. The van der Waals surface area contributed by atoms with E-state index in [2.05, 4.69) is 0 Å². The maximum atomic E-state index is 10.3. The second kappa shape index (κ2) is 14.4. The Morgan fingerprint density at radius 3 is 2.26 bits per heavy atom. The number of carbonyl (C=O) groups is 1. The smallest absolute Gasteiger partial charge is 0.303 e. The van der Waals surface area contributed by atoms with E-state index >= 15 is 0 Å². The highest BCUT2D eigenvalue weighted by Crippen LogP contribution is 2.11. The van der Waals surface area contributed by atoms with Gasteiger partial charge in [-0.3, -0.25) is 4.79 Å².